The molecule has 94 valence electrons. The van der Waals surface area contributed by atoms with Crippen molar-refractivity contribution in [3.05, 3.63) is 28.2 Å². The summed E-state index contributed by atoms with van der Waals surface area (Å²) in [5.74, 6) is -0.452. The molecule has 0 aliphatic carbocycles. The SMILES string of the molecule is CCC(Oc1cc(Br)ccc1[C@H](C)N)C(=O)O. The summed E-state index contributed by atoms with van der Waals surface area (Å²) < 4.78 is 6.32. The van der Waals surface area contributed by atoms with E-state index in [2.05, 4.69) is 15.9 Å². The van der Waals surface area contributed by atoms with Gasteiger partial charge in [-0.15, -0.1) is 0 Å². The zero-order valence-electron chi connectivity index (χ0n) is 9.81. The Bertz CT molecular complexity index is 407. The topological polar surface area (TPSA) is 72.5 Å². The lowest BCUT2D eigenvalue weighted by molar-refractivity contribution is -0.145. The summed E-state index contributed by atoms with van der Waals surface area (Å²) in [6.45, 7) is 3.60. The van der Waals surface area contributed by atoms with E-state index in [0.29, 0.717) is 12.2 Å². The van der Waals surface area contributed by atoms with Crippen molar-refractivity contribution in [3.63, 3.8) is 0 Å². The highest BCUT2D eigenvalue weighted by Gasteiger charge is 2.19. The molecule has 5 heteroatoms. The number of aliphatic carboxylic acids is 1. The van der Waals surface area contributed by atoms with E-state index in [-0.39, 0.29) is 6.04 Å². The minimum atomic E-state index is -0.969. The Morgan fingerprint density at radius 1 is 1.59 bits per heavy atom. The van der Waals surface area contributed by atoms with Crippen LogP contribution in [0.3, 0.4) is 0 Å². The quantitative estimate of drug-likeness (QED) is 0.877. The first-order valence-electron chi connectivity index (χ1n) is 5.40. The third-order valence-electron chi connectivity index (χ3n) is 2.38. The van der Waals surface area contributed by atoms with Crippen LogP contribution in [0.5, 0.6) is 5.75 Å². The summed E-state index contributed by atoms with van der Waals surface area (Å²) in [5.41, 5.74) is 6.61. The molecule has 0 radical (unpaired) electrons. The number of rotatable bonds is 5. The van der Waals surface area contributed by atoms with E-state index in [0.717, 1.165) is 10.0 Å². The number of carboxylic acid groups (broad SMARTS) is 1. The predicted molar refractivity (Wildman–Crippen MR) is 69.1 cm³/mol. The van der Waals surface area contributed by atoms with Gasteiger partial charge in [-0.3, -0.25) is 0 Å². The van der Waals surface area contributed by atoms with Crippen LogP contribution in [0.2, 0.25) is 0 Å². The summed E-state index contributed by atoms with van der Waals surface area (Å²) in [4.78, 5) is 10.9. The Morgan fingerprint density at radius 2 is 2.24 bits per heavy atom. The second-order valence-corrected chi connectivity index (χ2v) is 4.74. The number of carbonyl (C=O) groups is 1. The smallest absolute Gasteiger partial charge is 0.344 e. The molecule has 3 N–H and O–H groups in total. The third kappa shape index (κ3) is 3.71. The van der Waals surface area contributed by atoms with E-state index >= 15 is 0 Å². The van der Waals surface area contributed by atoms with Gasteiger partial charge >= 0.3 is 5.97 Å². The van der Waals surface area contributed by atoms with E-state index in [1.54, 1.807) is 13.0 Å². The first-order chi connectivity index (χ1) is 7.95. The molecule has 0 heterocycles. The molecule has 0 spiro atoms. The molecular weight excluding hydrogens is 286 g/mol. The molecule has 1 rings (SSSR count). The zero-order chi connectivity index (χ0) is 13.0. The Morgan fingerprint density at radius 3 is 2.71 bits per heavy atom. The standard InChI is InChI=1S/C12H16BrNO3/c1-3-10(12(15)16)17-11-6-8(13)4-5-9(11)7(2)14/h4-7,10H,3,14H2,1-2H3,(H,15,16)/t7-,10?/m0/s1. The van der Waals surface area contributed by atoms with Crippen LogP contribution in [0, 0.1) is 0 Å². The highest BCUT2D eigenvalue weighted by molar-refractivity contribution is 9.10. The van der Waals surface area contributed by atoms with E-state index in [1.807, 2.05) is 19.1 Å². The minimum absolute atomic E-state index is 0.204. The molecule has 17 heavy (non-hydrogen) atoms. The van der Waals surface area contributed by atoms with E-state index in [4.69, 9.17) is 15.6 Å². The van der Waals surface area contributed by atoms with Crippen molar-refractivity contribution in [2.45, 2.75) is 32.4 Å². The molecule has 1 aromatic rings. The second kappa shape index (κ2) is 6.02. The molecule has 0 aliphatic heterocycles. The lowest BCUT2D eigenvalue weighted by atomic mass is 10.1. The summed E-state index contributed by atoms with van der Waals surface area (Å²) in [6, 6.07) is 5.22. The van der Waals surface area contributed by atoms with Crippen LogP contribution in [-0.4, -0.2) is 17.2 Å². The van der Waals surface area contributed by atoms with E-state index in [1.165, 1.54) is 0 Å². The number of halogens is 1. The zero-order valence-corrected chi connectivity index (χ0v) is 11.4. The van der Waals surface area contributed by atoms with Crippen molar-refractivity contribution in [3.8, 4) is 5.75 Å². The van der Waals surface area contributed by atoms with Gasteiger partial charge < -0.3 is 15.6 Å². The molecule has 0 saturated carbocycles. The average Bonchev–Trinajstić information content (AvgIpc) is 2.25. The largest absolute Gasteiger partial charge is 0.479 e. The highest BCUT2D eigenvalue weighted by atomic mass is 79.9. The van der Waals surface area contributed by atoms with Crippen molar-refractivity contribution in [2.24, 2.45) is 5.73 Å². The van der Waals surface area contributed by atoms with Gasteiger partial charge in [0.2, 0.25) is 0 Å². The summed E-state index contributed by atoms with van der Waals surface area (Å²) in [6.07, 6.45) is -0.443. The van der Waals surface area contributed by atoms with Gasteiger partial charge in [-0.2, -0.15) is 0 Å². The van der Waals surface area contributed by atoms with Crippen molar-refractivity contribution < 1.29 is 14.6 Å². The van der Waals surface area contributed by atoms with Gasteiger partial charge in [-0.05, 0) is 25.5 Å². The van der Waals surface area contributed by atoms with E-state index < -0.39 is 12.1 Å². The number of hydrogen-bond acceptors (Lipinski definition) is 3. The third-order valence-corrected chi connectivity index (χ3v) is 2.87. The van der Waals surface area contributed by atoms with Crippen LogP contribution in [0.15, 0.2) is 22.7 Å². The maximum atomic E-state index is 10.9. The number of nitrogens with two attached hydrogens (primary N) is 1. The average molecular weight is 302 g/mol. The predicted octanol–water partition coefficient (Wildman–Crippen LogP) is 2.71. The van der Waals surface area contributed by atoms with Crippen LogP contribution in [-0.2, 0) is 4.79 Å². The fourth-order valence-electron chi connectivity index (χ4n) is 1.45. The second-order valence-electron chi connectivity index (χ2n) is 3.82. The maximum Gasteiger partial charge on any atom is 0.344 e. The highest BCUT2D eigenvalue weighted by Crippen LogP contribution is 2.28. The minimum Gasteiger partial charge on any atom is -0.479 e. The molecule has 0 saturated heterocycles. The summed E-state index contributed by atoms with van der Waals surface area (Å²) >= 11 is 3.33. The molecular formula is C12H16BrNO3. The number of benzene rings is 1. The van der Waals surface area contributed by atoms with Crippen LogP contribution in [0.1, 0.15) is 31.9 Å². The molecule has 0 aliphatic rings. The summed E-state index contributed by atoms with van der Waals surface area (Å²) in [5, 5.41) is 8.97. The Balaban J connectivity index is 3.02. The monoisotopic (exact) mass is 301 g/mol. The fourth-order valence-corrected chi connectivity index (χ4v) is 1.79. The Labute approximate surface area is 109 Å². The molecule has 0 amide bonds. The maximum absolute atomic E-state index is 10.9. The fraction of sp³-hybridized carbons (Fsp3) is 0.417. The molecule has 0 fully saturated rings. The van der Waals surface area contributed by atoms with E-state index in [9.17, 15) is 4.79 Å². The van der Waals surface area contributed by atoms with Crippen LogP contribution < -0.4 is 10.5 Å². The lowest BCUT2D eigenvalue weighted by Crippen LogP contribution is -2.26. The normalized spacial score (nSPS) is 14.1. The first kappa shape index (κ1) is 14.0. The van der Waals surface area contributed by atoms with Gasteiger partial charge in [0.25, 0.3) is 0 Å². The molecule has 2 atom stereocenters. The molecule has 0 aromatic heterocycles. The van der Waals surface area contributed by atoms with Gasteiger partial charge in [0.1, 0.15) is 5.75 Å². The molecule has 1 aromatic carbocycles. The van der Waals surface area contributed by atoms with Gasteiger partial charge in [0, 0.05) is 16.1 Å². The van der Waals surface area contributed by atoms with Gasteiger partial charge in [0.05, 0.1) is 0 Å². The van der Waals surface area contributed by atoms with Crippen molar-refractivity contribution in [1.29, 1.82) is 0 Å². The Kier molecular flexibility index (Phi) is 4.96. The van der Waals surface area contributed by atoms with Gasteiger partial charge in [0.15, 0.2) is 6.10 Å². The van der Waals surface area contributed by atoms with Crippen molar-refractivity contribution in [1.82, 2.24) is 0 Å². The molecule has 1 unspecified atom stereocenters. The van der Waals surface area contributed by atoms with Gasteiger partial charge in [-0.1, -0.05) is 28.9 Å². The number of hydrogen-bond donors (Lipinski definition) is 2. The molecule has 0 bridgehead atoms. The van der Waals surface area contributed by atoms with Crippen molar-refractivity contribution in [2.75, 3.05) is 0 Å². The number of ether oxygens (including phenoxy) is 1. The lowest BCUT2D eigenvalue weighted by Gasteiger charge is -2.18. The summed E-state index contributed by atoms with van der Waals surface area (Å²) in [7, 11) is 0. The number of carboxylic acids is 1. The molecule has 4 nitrogen and oxygen atoms in total. The van der Waals surface area contributed by atoms with Crippen LogP contribution in [0.4, 0.5) is 0 Å². The van der Waals surface area contributed by atoms with Gasteiger partial charge in [-0.25, -0.2) is 4.79 Å². The van der Waals surface area contributed by atoms with Crippen LogP contribution >= 0.6 is 15.9 Å². The van der Waals surface area contributed by atoms with Crippen molar-refractivity contribution >= 4 is 21.9 Å². The first-order valence-corrected chi connectivity index (χ1v) is 6.19. The Hall–Kier alpha value is -1.07. The van der Waals surface area contributed by atoms with Crippen LogP contribution in [0.25, 0.3) is 0 Å².